The lowest BCUT2D eigenvalue weighted by molar-refractivity contribution is -0.120. The number of hydrogen-bond acceptors (Lipinski definition) is 11. The van der Waals surface area contributed by atoms with Crippen LogP contribution in [0, 0.1) is 69.3 Å². The van der Waals surface area contributed by atoms with Crippen LogP contribution < -0.4 is 46.6 Å². The fraction of sp³-hybridized carbons (Fsp3) is 0.550. The molecule has 0 unspecified atom stereocenters. The second kappa shape index (κ2) is 46.0. The van der Waals surface area contributed by atoms with Crippen LogP contribution in [0.25, 0.3) is 9.69 Å². The highest BCUT2D eigenvalue weighted by atomic mass is 19.1. The Morgan fingerprint density at radius 1 is 0.412 bits per heavy atom. The van der Waals surface area contributed by atoms with Gasteiger partial charge in [-0.25, -0.2) is 31.6 Å². The minimum Gasteiger partial charge on any atom is -0.390 e. The second-order valence-corrected chi connectivity index (χ2v) is 39.2. The van der Waals surface area contributed by atoms with Crippen molar-refractivity contribution in [1.82, 2.24) is 21.3 Å². The molecule has 11 rings (SSSR count). The Labute approximate surface area is 711 Å². The van der Waals surface area contributed by atoms with Crippen LogP contribution in [0.5, 0.6) is 0 Å². The van der Waals surface area contributed by atoms with Crippen molar-refractivity contribution in [2.75, 3.05) is 91.6 Å². The molecule has 4 aliphatic rings. The highest BCUT2D eigenvalue weighted by molar-refractivity contribution is 5.73. The molecule has 0 bridgehead atoms. The van der Waals surface area contributed by atoms with Gasteiger partial charge in [0.15, 0.2) is 0 Å². The van der Waals surface area contributed by atoms with Crippen LogP contribution >= 0.6 is 0 Å². The molecule has 4 aliphatic heterocycles. The predicted molar refractivity (Wildman–Crippen MR) is 485 cm³/mol. The Hall–Kier alpha value is -8.40. The van der Waals surface area contributed by atoms with Crippen LogP contribution in [0.3, 0.4) is 0 Å². The quantitative estimate of drug-likeness (QED) is 0.0195. The largest absolute Gasteiger partial charge is 0.390 e. The predicted octanol–water partition coefficient (Wildman–Crippen LogP) is 20.9. The third-order valence-electron chi connectivity index (χ3n) is 21.3. The van der Waals surface area contributed by atoms with Gasteiger partial charge in [-0.3, -0.25) is 4.79 Å². The van der Waals surface area contributed by atoms with E-state index in [1.807, 2.05) is 6.92 Å². The average molecular weight is 1640 g/mol. The number of aliphatic hydroxyl groups excluding tert-OH is 2. The van der Waals surface area contributed by atoms with Crippen molar-refractivity contribution in [1.29, 1.82) is 0 Å². The van der Waals surface area contributed by atoms with Crippen molar-refractivity contribution in [3.8, 4) is 0 Å². The molecule has 4 saturated heterocycles. The molecule has 0 saturated carbocycles. The van der Waals surface area contributed by atoms with E-state index in [9.17, 15) is 37.0 Å². The van der Waals surface area contributed by atoms with Crippen LogP contribution in [-0.4, -0.2) is 112 Å². The van der Waals surface area contributed by atoms with Gasteiger partial charge in [-0.2, -0.15) is 0 Å². The zero-order chi connectivity index (χ0) is 87.4. The maximum atomic E-state index is 13.6. The number of likely N-dealkylation sites (N-methyl/N-ethyl adjacent to an activating group) is 1. The summed E-state index contributed by atoms with van der Waals surface area (Å²) >= 11 is 0. The van der Waals surface area contributed by atoms with E-state index in [4.69, 9.17) is 18.9 Å². The van der Waals surface area contributed by atoms with Gasteiger partial charge in [0.05, 0.1) is 31.4 Å². The zero-order valence-corrected chi connectivity index (χ0v) is 74.9. The van der Waals surface area contributed by atoms with Crippen molar-refractivity contribution < 1.29 is 37.0 Å². The van der Waals surface area contributed by atoms with Gasteiger partial charge in [0.25, 0.3) is 0 Å². The zero-order valence-electron chi connectivity index (χ0n) is 74.9. The molecule has 650 valence electrons. The van der Waals surface area contributed by atoms with Gasteiger partial charge in [0, 0.05) is 133 Å². The Morgan fingerprint density at radius 2 is 0.706 bits per heavy atom. The number of nitrogens with one attached hydrogen (secondary N) is 4. The van der Waals surface area contributed by atoms with E-state index in [-0.39, 0.29) is 52.3 Å². The Kier molecular flexibility index (Phi) is 37.8. The van der Waals surface area contributed by atoms with Gasteiger partial charge in [0.1, 0.15) is 29.1 Å². The van der Waals surface area contributed by atoms with E-state index in [1.165, 1.54) is 158 Å². The van der Waals surface area contributed by atoms with Gasteiger partial charge in [0.2, 0.25) is 17.3 Å². The third kappa shape index (κ3) is 34.9. The van der Waals surface area contributed by atoms with Gasteiger partial charge < -0.3 is 56.8 Å². The number of nitrogens with zero attached hydrogens (tertiary/aromatic N) is 6. The van der Waals surface area contributed by atoms with E-state index in [0.717, 1.165) is 100 Å². The monoisotopic (exact) mass is 1640 g/mol. The summed E-state index contributed by atoms with van der Waals surface area (Å²) in [4.78, 5) is 28.3. The summed E-state index contributed by atoms with van der Waals surface area (Å²) in [5.41, 5.74) is 24.0. The van der Waals surface area contributed by atoms with E-state index in [2.05, 4.69) is 227 Å². The highest BCUT2D eigenvalue weighted by Gasteiger charge is 2.27. The summed E-state index contributed by atoms with van der Waals surface area (Å²) in [6.45, 7) is 62.8. The third-order valence-corrected chi connectivity index (χ3v) is 21.3. The second-order valence-electron chi connectivity index (χ2n) is 39.2. The number of nitrogens with two attached hydrogens (primary N) is 1. The molecular formula is C100H142F5N11O3. The van der Waals surface area contributed by atoms with Crippen molar-refractivity contribution in [2.45, 2.75) is 258 Å². The van der Waals surface area contributed by atoms with E-state index in [1.54, 1.807) is 12.1 Å². The van der Waals surface area contributed by atoms with Crippen molar-refractivity contribution >= 4 is 40.0 Å². The van der Waals surface area contributed by atoms with E-state index < -0.39 is 47.3 Å². The summed E-state index contributed by atoms with van der Waals surface area (Å²) in [5.74, 6) is -3.29. The topological polar surface area (TPSA) is 153 Å². The minimum atomic E-state index is -0.932. The van der Waals surface area contributed by atoms with Gasteiger partial charge in [-0.05, 0) is 229 Å². The average Bonchev–Trinajstić information content (AvgIpc) is 1.83. The summed E-state index contributed by atoms with van der Waals surface area (Å²) < 4.78 is 67.5. The standard InChI is InChI=1S/C28H39F2N3O2.C28H41F2N3O.C16H22N2.C16H26N2.C12H14FN/c1-19(34)32-25(14-21-12-23(29)15-24(30)13-21)27(35)18-31-17-22-11-20(16-28(2,3)4)7-8-26(22)33-9-5-6-10-33;1-5-32-25(15-21-13-23(29)16-24(30)14-21)27(34)19-31-18-22-12-20(17-28(2,3)4)8-9-26(22)33-10-6-7-11-33;1-16(2,3)12-13-7-8-15(14(11-13)17-4)18-9-5-6-10-18;1-16(2,3)11-13-6-7-15(14(10-13)12-17)18-8-4-5-9-18;1-12(2,3)8-9-5-6-10(13)11(7-9)14-4/h7-8,11-13,15,25,27,31,35H,5-6,9-10,14,16-18H2,1-4H3,(H,32,34);8-9,12-14,16,25,27,31-32,34H,5-7,10-11,15,17-19H2,1-4H3;7-8,11H,5-6,9-10,12H2,1-3H3;6-7,10H,4-5,8-9,11-12,17H2,1-3H3;5-7H,8H2,1-3H3/t2*25-,27+;;;/m00.../s1. The molecule has 4 heterocycles. The molecule has 0 aromatic heterocycles. The maximum absolute atomic E-state index is 13.6. The first-order valence-corrected chi connectivity index (χ1v) is 43.5. The lowest BCUT2D eigenvalue weighted by Crippen LogP contribution is -2.48. The number of amides is 1. The van der Waals surface area contributed by atoms with E-state index >= 15 is 0 Å². The Bertz CT molecular complexity index is 4360. The fourth-order valence-electron chi connectivity index (χ4n) is 16.4. The van der Waals surface area contributed by atoms with Crippen LogP contribution in [0.15, 0.2) is 127 Å². The van der Waals surface area contributed by atoms with Crippen LogP contribution in [0.1, 0.15) is 225 Å². The molecule has 0 radical (unpaired) electrons. The number of benzene rings is 7. The van der Waals surface area contributed by atoms with Gasteiger partial charge in [-0.1, -0.05) is 183 Å². The summed E-state index contributed by atoms with van der Waals surface area (Å²) in [6.07, 6.45) is 13.8. The number of aliphatic hydroxyl groups is 2. The molecule has 7 aromatic carbocycles. The first-order valence-electron chi connectivity index (χ1n) is 43.5. The Morgan fingerprint density at radius 3 is 1.03 bits per heavy atom. The van der Waals surface area contributed by atoms with Gasteiger partial charge >= 0.3 is 0 Å². The maximum Gasteiger partial charge on any atom is 0.222 e. The first kappa shape index (κ1) is 97.7. The molecule has 4 atom stereocenters. The fourth-order valence-corrected chi connectivity index (χ4v) is 16.4. The van der Waals surface area contributed by atoms with Crippen LogP contribution in [-0.2, 0) is 69.4 Å². The normalized spacial score (nSPS) is 15.4. The van der Waals surface area contributed by atoms with Gasteiger partial charge in [-0.15, -0.1) is 0 Å². The number of halogens is 5. The summed E-state index contributed by atoms with van der Waals surface area (Å²) in [6, 6.07) is 37.3. The minimum absolute atomic E-state index is 0.117. The van der Waals surface area contributed by atoms with Crippen molar-refractivity contribution in [2.24, 2.45) is 32.8 Å². The molecule has 0 spiro atoms. The summed E-state index contributed by atoms with van der Waals surface area (Å²) in [5, 5.41) is 34.5. The van der Waals surface area contributed by atoms with Crippen LogP contribution in [0.2, 0.25) is 0 Å². The molecule has 8 N–H and O–H groups in total. The molecule has 4 fully saturated rings. The molecule has 0 aliphatic carbocycles. The molecule has 7 aromatic rings. The SMILES string of the molecule is CC(=O)N[C@@H](Cc1cc(F)cc(F)c1)[C@H](O)CNCc1cc(CC(C)(C)C)ccc1N1CCCC1.CC(C)(C)Cc1ccc(N2CCCC2)c(CN)c1.CCN[C@@H](Cc1cc(F)cc(F)c1)[C@H](O)CNCc1cc(CC(C)(C)C)ccc1N1CCCC1.[C-]#[N+]c1cc(CC(C)(C)C)ccc1F.[C-]#[N+]c1cc(CC(C)(C)C)ccc1N1CCCC1. The van der Waals surface area contributed by atoms with Crippen molar-refractivity contribution in [3.05, 3.63) is 235 Å². The first-order chi connectivity index (χ1) is 56.0. The highest BCUT2D eigenvalue weighted by Crippen LogP contribution is 2.37. The number of rotatable bonds is 27. The number of carbonyl (C=O) groups is 1. The van der Waals surface area contributed by atoms with Crippen LogP contribution in [0.4, 0.5) is 56.1 Å². The molecule has 19 heteroatoms. The lowest BCUT2D eigenvalue weighted by atomic mass is 9.87. The number of anilines is 4. The summed E-state index contributed by atoms with van der Waals surface area (Å²) in [7, 11) is 0. The molecule has 1 amide bonds. The smallest absolute Gasteiger partial charge is 0.222 e. The number of carbonyl (C=O) groups excluding carboxylic acids is 1. The van der Waals surface area contributed by atoms with E-state index in [0.29, 0.717) is 55.7 Å². The van der Waals surface area contributed by atoms with Crippen molar-refractivity contribution in [3.63, 3.8) is 0 Å². The number of hydrogen-bond donors (Lipinski definition) is 7. The Balaban J connectivity index is 0.000000215. The molecular weight excluding hydrogens is 1500 g/mol. The molecule has 119 heavy (non-hydrogen) atoms. The molecule has 14 nitrogen and oxygen atoms in total. The lowest BCUT2D eigenvalue weighted by Gasteiger charge is -2.26.